The minimum atomic E-state index is -0.550. The number of aryl methyl sites for hydroxylation is 1. The van der Waals surface area contributed by atoms with Crippen LogP contribution in [0.1, 0.15) is 22.8 Å². The molecule has 0 radical (unpaired) electrons. The summed E-state index contributed by atoms with van der Waals surface area (Å²) >= 11 is 2.23. The Kier molecular flexibility index (Phi) is 7.69. The Morgan fingerprint density at radius 1 is 1.03 bits per heavy atom. The fourth-order valence-corrected chi connectivity index (χ4v) is 4.15. The smallest absolute Gasteiger partial charge is 0.273 e. The van der Waals surface area contributed by atoms with Crippen LogP contribution in [0.4, 0.5) is 22.2 Å². The SMILES string of the molecule is CC(=O)Nc1ccc(NC(=O)CSc2nnc(NC(=O)c3ccc(C)c([N+](=O)[O-])c3)s2)cc1. The molecule has 0 aliphatic rings. The molecule has 2 aromatic carbocycles. The van der Waals surface area contributed by atoms with Gasteiger partial charge in [0, 0.05) is 35.5 Å². The summed E-state index contributed by atoms with van der Waals surface area (Å²) in [6.07, 6.45) is 0. The number of amides is 3. The van der Waals surface area contributed by atoms with Crippen molar-refractivity contribution in [1.82, 2.24) is 10.2 Å². The molecule has 0 saturated carbocycles. The van der Waals surface area contributed by atoms with Crippen LogP contribution in [-0.2, 0) is 9.59 Å². The molecule has 13 heteroatoms. The van der Waals surface area contributed by atoms with E-state index in [0.29, 0.717) is 21.3 Å². The average Bonchev–Trinajstić information content (AvgIpc) is 3.20. The van der Waals surface area contributed by atoms with Gasteiger partial charge in [0.1, 0.15) is 0 Å². The van der Waals surface area contributed by atoms with Crippen LogP contribution in [0.5, 0.6) is 0 Å². The second-order valence-corrected chi connectivity index (χ2v) is 8.88. The average molecular weight is 487 g/mol. The number of carbonyl (C=O) groups is 3. The zero-order chi connectivity index (χ0) is 24.0. The number of nitro benzene ring substituents is 1. The van der Waals surface area contributed by atoms with Gasteiger partial charge in [-0.25, -0.2) is 0 Å². The topological polar surface area (TPSA) is 156 Å². The Labute approximate surface area is 196 Å². The molecule has 0 aliphatic heterocycles. The van der Waals surface area contributed by atoms with Crippen molar-refractivity contribution in [2.24, 2.45) is 0 Å². The van der Waals surface area contributed by atoms with E-state index in [1.807, 2.05) is 0 Å². The van der Waals surface area contributed by atoms with Crippen LogP contribution >= 0.6 is 23.1 Å². The molecule has 0 bridgehead atoms. The summed E-state index contributed by atoms with van der Waals surface area (Å²) in [6.45, 7) is 3.00. The van der Waals surface area contributed by atoms with Crippen molar-refractivity contribution >= 4 is 63.0 Å². The van der Waals surface area contributed by atoms with Crippen molar-refractivity contribution in [3.63, 3.8) is 0 Å². The lowest BCUT2D eigenvalue weighted by atomic mass is 10.1. The lowest BCUT2D eigenvalue weighted by Crippen LogP contribution is -2.14. The predicted octanol–water partition coefficient (Wildman–Crippen LogP) is 3.70. The number of benzene rings is 2. The third-order valence-electron chi connectivity index (χ3n) is 4.11. The molecule has 1 aromatic heterocycles. The first-order valence-electron chi connectivity index (χ1n) is 9.41. The second-order valence-electron chi connectivity index (χ2n) is 6.68. The van der Waals surface area contributed by atoms with Crippen molar-refractivity contribution in [2.45, 2.75) is 18.2 Å². The van der Waals surface area contributed by atoms with Gasteiger partial charge in [0.05, 0.1) is 10.7 Å². The van der Waals surface area contributed by atoms with Gasteiger partial charge in [-0.15, -0.1) is 10.2 Å². The molecule has 0 fully saturated rings. The van der Waals surface area contributed by atoms with E-state index in [0.717, 1.165) is 23.1 Å². The summed E-state index contributed by atoms with van der Waals surface area (Å²) in [4.78, 5) is 46.1. The van der Waals surface area contributed by atoms with Gasteiger partial charge in [0.2, 0.25) is 16.9 Å². The van der Waals surface area contributed by atoms with Crippen molar-refractivity contribution in [3.05, 3.63) is 63.7 Å². The van der Waals surface area contributed by atoms with E-state index in [2.05, 4.69) is 26.1 Å². The Bertz CT molecular complexity index is 1210. The number of nitrogens with zero attached hydrogens (tertiary/aromatic N) is 3. The largest absolute Gasteiger partial charge is 0.326 e. The zero-order valence-corrected chi connectivity index (χ0v) is 19.1. The highest BCUT2D eigenvalue weighted by atomic mass is 32.2. The van der Waals surface area contributed by atoms with E-state index >= 15 is 0 Å². The molecule has 0 aliphatic carbocycles. The van der Waals surface area contributed by atoms with Crippen LogP contribution < -0.4 is 16.0 Å². The summed E-state index contributed by atoms with van der Waals surface area (Å²) in [7, 11) is 0. The maximum Gasteiger partial charge on any atom is 0.273 e. The maximum absolute atomic E-state index is 12.4. The Morgan fingerprint density at radius 3 is 2.33 bits per heavy atom. The molecule has 1 heterocycles. The number of hydrogen-bond acceptors (Lipinski definition) is 9. The van der Waals surface area contributed by atoms with E-state index in [1.165, 1.54) is 25.1 Å². The van der Waals surface area contributed by atoms with Gasteiger partial charge >= 0.3 is 0 Å². The summed E-state index contributed by atoms with van der Waals surface area (Å²) in [6, 6.07) is 10.9. The van der Waals surface area contributed by atoms with Gasteiger partial charge in [-0.05, 0) is 37.3 Å². The van der Waals surface area contributed by atoms with Gasteiger partial charge in [-0.3, -0.25) is 29.8 Å². The van der Waals surface area contributed by atoms with Crippen molar-refractivity contribution in [1.29, 1.82) is 0 Å². The lowest BCUT2D eigenvalue weighted by Gasteiger charge is -2.06. The molecule has 3 aromatic rings. The number of anilines is 3. The van der Waals surface area contributed by atoms with E-state index in [4.69, 9.17) is 0 Å². The molecule has 0 unspecified atom stereocenters. The third kappa shape index (κ3) is 6.82. The van der Waals surface area contributed by atoms with Crippen LogP contribution in [0, 0.1) is 17.0 Å². The molecule has 0 atom stereocenters. The number of rotatable bonds is 8. The number of nitrogens with one attached hydrogen (secondary N) is 3. The van der Waals surface area contributed by atoms with Crippen molar-refractivity contribution in [2.75, 3.05) is 21.7 Å². The quantitative estimate of drug-likeness (QED) is 0.188. The Hall–Kier alpha value is -3.84. The zero-order valence-electron chi connectivity index (χ0n) is 17.4. The van der Waals surface area contributed by atoms with Crippen LogP contribution in [0.25, 0.3) is 0 Å². The minimum absolute atomic E-state index is 0.0696. The molecule has 3 rings (SSSR count). The monoisotopic (exact) mass is 486 g/mol. The number of carbonyl (C=O) groups excluding carboxylic acids is 3. The molecule has 3 N–H and O–H groups in total. The first-order chi connectivity index (χ1) is 15.7. The van der Waals surface area contributed by atoms with Gasteiger partial charge in [-0.2, -0.15) is 0 Å². The van der Waals surface area contributed by atoms with Crippen LogP contribution in [0.15, 0.2) is 46.8 Å². The Morgan fingerprint density at radius 2 is 1.70 bits per heavy atom. The summed E-state index contributed by atoms with van der Waals surface area (Å²) in [5.74, 6) is -0.928. The molecule has 33 heavy (non-hydrogen) atoms. The highest BCUT2D eigenvalue weighted by molar-refractivity contribution is 8.01. The molecule has 3 amide bonds. The normalized spacial score (nSPS) is 10.4. The lowest BCUT2D eigenvalue weighted by molar-refractivity contribution is -0.385. The maximum atomic E-state index is 12.4. The van der Waals surface area contributed by atoms with Crippen LogP contribution in [0.3, 0.4) is 0 Å². The van der Waals surface area contributed by atoms with Crippen LogP contribution in [0.2, 0.25) is 0 Å². The van der Waals surface area contributed by atoms with Gasteiger partial charge < -0.3 is 10.6 Å². The number of nitro groups is 1. The molecule has 170 valence electrons. The fourth-order valence-electron chi connectivity index (χ4n) is 2.60. The molecule has 0 spiro atoms. The van der Waals surface area contributed by atoms with E-state index in [1.54, 1.807) is 31.2 Å². The third-order valence-corrected chi connectivity index (χ3v) is 6.08. The highest BCUT2D eigenvalue weighted by Gasteiger charge is 2.17. The first kappa shape index (κ1) is 23.8. The summed E-state index contributed by atoms with van der Waals surface area (Å²) in [5.41, 5.74) is 1.63. The summed E-state index contributed by atoms with van der Waals surface area (Å²) in [5, 5.41) is 27.0. The van der Waals surface area contributed by atoms with Gasteiger partial charge in [0.15, 0.2) is 4.34 Å². The standard InChI is InChI=1S/C20H18N6O5S2/c1-11-3-4-13(9-16(11)26(30)31)18(29)23-19-24-25-20(33-19)32-10-17(28)22-15-7-5-14(6-8-15)21-12(2)27/h3-9H,10H2,1-2H3,(H,21,27)(H,22,28)(H,23,24,29). The molecular formula is C20H18N6O5S2. The predicted molar refractivity (Wildman–Crippen MR) is 126 cm³/mol. The number of thioether (sulfide) groups is 1. The second kappa shape index (κ2) is 10.7. The van der Waals surface area contributed by atoms with Crippen molar-refractivity contribution < 1.29 is 19.3 Å². The van der Waals surface area contributed by atoms with E-state index in [9.17, 15) is 24.5 Å². The summed E-state index contributed by atoms with van der Waals surface area (Å²) < 4.78 is 0.469. The highest BCUT2D eigenvalue weighted by Crippen LogP contribution is 2.27. The van der Waals surface area contributed by atoms with Gasteiger partial charge in [-0.1, -0.05) is 29.2 Å². The number of aromatic nitrogens is 2. The van der Waals surface area contributed by atoms with Crippen LogP contribution in [-0.4, -0.2) is 38.6 Å². The van der Waals surface area contributed by atoms with Gasteiger partial charge in [0.25, 0.3) is 11.6 Å². The number of hydrogen-bond donors (Lipinski definition) is 3. The first-order valence-corrected chi connectivity index (χ1v) is 11.2. The van der Waals surface area contributed by atoms with Crippen molar-refractivity contribution in [3.8, 4) is 0 Å². The molecular weight excluding hydrogens is 468 g/mol. The minimum Gasteiger partial charge on any atom is -0.326 e. The molecule has 11 nitrogen and oxygen atoms in total. The van der Waals surface area contributed by atoms with E-state index in [-0.39, 0.29) is 33.9 Å². The van der Waals surface area contributed by atoms with E-state index < -0.39 is 10.8 Å². The fraction of sp³-hybridized carbons (Fsp3) is 0.150. The molecule has 0 saturated heterocycles. The Balaban J connectivity index is 1.52.